The highest BCUT2D eigenvalue weighted by Crippen LogP contribution is 2.45. The number of hydrogen-bond acceptors (Lipinski definition) is 2. The second kappa shape index (κ2) is 23.2. The summed E-state index contributed by atoms with van der Waals surface area (Å²) in [6.45, 7) is 5.61. The average Bonchev–Trinajstić information content (AvgIpc) is 3.61. The number of esters is 1. The van der Waals surface area contributed by atoms with Crippen LogP contribution in [0, 0.1) is 11.8 Å². The number of unbranched alkanes of at least 4 members (excludes halogenated alkanes) is 15. The Bertz CT molecular complexity index is 541. The van der Waals surface area contributed by atoms with Gasteiger partial charge in [0.2, 0.25) is 0 Å². The van der Waals surface area contributed by atoms with Crippen LogP contribution in [0.25, 0.3) is 0 Å². The van der Waals surface area contributed by atoms with Crippen LogP contribution in [0.5, 0.6) is 0 Å². The van der Waals surface area contributed by atoms with Gasteiger partial charge in [0.25, 0.3) is 0 Å². The molecule has 0 saturated heterocycles. The molecule has 0 N–H and O–H groups in total. The first-order chi connectivity index (χ1) is 18.4. The predicted molar refractivity (Wildman–Crippen MR) is 167 cm³/mol. The van der Waals surface area contributed by atoms with Crippen LogP contribution in [-0.2, 0) is 9.53 Å². The highest BCUT2D eigenvalue weighted by molar-refractivity contribution is 5.69. The molecule has 0 spiro atoms. The van der Waals surface area contributed by atoms with Crippen LogP contribution >= 0.6 is 0 Å². The molecule has 3 nitrogen and oxygen atoms in total. The van der Waals surface area contributed by atoms with Gasteiger partial charge in [-0.2, -0.15) is 0 Å². The zero-order valence-electron chi connectivity index (χ0n) is 26.9. The van der Waals surface area contributed by atoms with Crippen molar-refractivity contribution >= 4 is 5.97 Å². The number of rotatable bonds is 28. The van der Waals surface area contributed by atoms with Crippen LogP contribution < -0.4 is 0 Å². The Labute approximate surface area is 239 Å². The molecule has 0 heterocycles. The lowest BCUT2D eigenvalue weighted by Crippen LogP contribution is -2.35. The maximum Gasteiger partial charge on any atom is 0.306 e. The van der Waals surface area contributed by atoms with E-state index in [0.717, 1.165) is 42.1 Å². The molecule has 0 amide bonds. The van der Waals surface area contributed by atoms with Gasteiger partial charge in [0.15, 0.2) is 0 Å². The fourth-order valence-corrected chi connectivity index (χ4v) is 6.05. The Balaban J connectivity index is 2.12. The molecule has 0 aliphatic heterocycles. The van der Waals surface area contributed by atoms with Crippen molar-refractivity contribution in [3.8, 4) is 0 Å². The van der Waals surface area contributed by atoms with Gasteiger partial charge in [0.1, 0.15) is 6.10 Å². The summed E-state index contributed by atoms with van der Waals surface area (Å²) in [5.41, 5.74) is 0. The largest absolute Gasteiger partial charge is 0.462 e. The monoisotopic (exact) mass is 537 g/mol. The molecule has 0 radical (unpaired) electrons. The highest BCUT2D eigenvalue weighted by atomic mass is 16.5. The molecule has 1 saturated carbocycles. The van der Waals surface area contributed by atoms with E-state index in [1.807, 2.05) is 0 Å². The fraction of sp³-hybridized carbons (Fsp3) is 0.971. The van der Waals surface area contributed by atoms with E-state index in [1.54, 1.807) is 0 Å². The van der Waals surface area contributed by atoms with E-state index in [9.17, 15) is 4.79 Å². The molecule has 3 heteroatoms. The number of quaternary nitrogens is 1. The molecule has 3 unspecified atom stereocenters. The molecule has 0 aromatic carbocycles. The van der Waals surface area contributed by atoms with Crippen molar-refractivity contribution in [3.05, 3.63) is 0 Å². The van der Waals surface area contributed by atoms with Crippen LogP contribution in [0.15, 0.2) is 0 Å². The third-order valence-corrected chi connectivity index (χ3v) is 8.74. The molecule has 38 heavy (non-hydrogen) atoms. The molecule has 226 valence electrons. The predicted octanol–water partition coefficient (Wildman–Crippen LogP) is 10.6. The minimum Gasteiger partial charge on any atom is -0.462 e. The summed E-state index contributed by atoms with van der Waals surface area (Å²) in [6, 6.07) is 0. The van der Waals surface area contributed by atoms with Crippen molar-refractivity contribution in [2.45, 2.75) is 180 Å². The van der Waals surface area contributed by atoms with Crippen molar-refractivity contribution in [1.82, 2.24) is 0 Å². The quantitative estimate of drug-likeness (QED) is 0.0564. The third-order valence-electron chi connectivity index (χ3n) is 8.74. The van der Waals surface area contributed by atoms with Gasteiger partial charge in [-0.05, 0) is 43.9 Å². The Morgan fingerprint density at radius 1 is 0.632 bits per heavy atom. The van der Waals surface area contributed by atoms with Crippen molar-refractivity contribution < 1.29 is 14.0 Å². The first-order valence-electron chi connectivity index (χ1n) is 17.4. The Morgan fingerprint density at radius 3 is 1.50 bits per heavy atom. The van der Waals surface area contributed by atoms with Gasteiger partial charge in [-0.15, -0.1) is 0 Å². The number of ether oxygens (including phenoxy) is 1. The lowest BCUT2D eigenvalue weighted by Gasteiger charge is -2.24. The molecular formula is C35H70NO2+. The molecule has 1 fully saturated rings. The van der Waals surface area contributed by atoms with Crippen molar-refractivity contribution in [1.29, 1.82) is 0 Å². The number of carbonyl (C=O) groups excluding carboxylic acids is 1. The molecule has 1 rings (SSSR count). The molecule has 0 aromatic rings. The van der Waals surface area contributed by atoms with Crippen molar-refractivity contribution in [3.63, 3.8) is 0 Å². The summed E-state index contributed by atoms with van der Waals surface area (Å²) in [6.07, 6.45) is 32.9. The lowest BCUT2D eigenvalue weighted by atomic mass is 10.0. The second-order valence-electron chi connectivity index (χ2n) is 13.8. The summed E-state index contributed by atoms with van der Waals surface area (Å²) in [5.74, 6) is 2.17. The van der Waals surface area contributed by atoms with Crippen molar-refractivity contribution in [2.75, 3.05) is 27.7 Å². The van der Waals surface area contributed by atoms with Crippen LogP contribution in [-0.4, -0.2) is 44.2 Å². The summed E-state index contributed by atoms with van der Waals surface area (Å²) in [5, 5.41) is 0. The molecule has 1 aliphatic carbocycles. The summed E-state index contributed by atoms with van der Waals surface area (Å²) >= 11 is 0. The average molecular weight is 537 g/mol. The van der Waals surface area contributed by atoms with Crippen LogP contribution in [0.4, 0.5) is 0 Å². The van der Waals surface area contributed by atoms with Gasteiger partial charge in [-0.1, -0.05) is 129 Å². The summed E-state index contributed by atoms with van der Waals surface area (Å²) in [7, 11) is 6.57. The van der Waals surface area contributed by atoms with Crippen molar-refractivity contribution in [2.24, 2.45) is 11.8 Å². The normalized spacial score (nSPS) is 18.0. The van der Waals surface area contributed by atoms with Crippen LogP contribution in [0.2, 0.25) is 0 Å². The van der Waals surface area contributed by atoms with Gasteiger partial charge >= 0.3 is 5.97 Å². The Kier molecular flexibility index (Phi) is 21.6. The first-order valence-corrected chi connectivity index (χ1v) is 17.4. The van der Waals surface area contributed by atoms with E-state index in [2.05, 4.69) is 35.0 Å². The smallest absolute Gasteiger partial charge is 0.306 e. The number of hydrogen-bond donors (Lipinski definition) is 0. The standard InChI is InChI=1S/C35H70NO2/c1-6-8-10-12-14-18-22-27-34(38-35(37)29-24-30-36(3,4)5)28-23-19-15-17-21-26-33-31-32(33)25-20-16-13-11-9-7-2/h32-34H,6-31H2,1-5H3/q+1. The van der Waals surface area contributed by atoms with E-state index in [-0.39, 0.29) is 12.1 Å². The lowest BCUT2D eigenvalue weighted by molar-refractivity contribution is -0.870. The third kappa shape index (κ3) is 22.3. The van der Waals surface area contributed by atoms with Gasteiger partial charge in [-0.25, -0.2) is 0 Å². The Hall–Kier alpha value is -0.570. The topological polar surface area (TPSA) is 26.3 Å². The molecule has 0 aromatic heterocycles. The van der Waals surface area contributed by atoms with Gasteiger partial charge in [-0.3, -0.25) is 4.79 Å². The zero-order chi connectivity index (χ0) is 27.9. The van der Waals surface area contributed by atoms with E-state index in [1.165, 1.54) is 135 Å². The van der Waals surface area contributed by atoms with E-state index >= 15 is 0 Å². The van der Waals surface area contributed by atoms with E-state index in [4.69, 9.17) is 4.74 Å². The summed E-state index contributed by atoms with van der Waals surface area (Å²) in [4.78, 5) is 12.5. The second-order valence-corrected chi connectivity index (χ2v) is 13.8. The molecule has 0 bridgehead atoms. The van der Waals surface area contributed by atoms with Crippen LogP contribution in [0.3, 0.4) is 0 Å². The fourth-order valence-electron chi connectivity index (χ4n) is 6.05. The van der Waals surface area contributed by atoms with Gasteiger partial charge in [0.05, 0.1) is 34.1 Å². The van der Waals surface area contributed by atoms with Crippen LogP contribution in [0.1, 0.15) is 174 Å². The number of carbonyl (C=O) groups is 1. The molecule has 1 aliphatic rings. The Morgan fingerprint density at radius 2 is 1.05 bits per heavy atom. The van der Waals surface area contributed by atoms with Gasteiger partial charge < -0.3 is 9.22 Å². The SMILES string of the molecule is CCCCCCCCCC(CCCCCCCC1CC1CCCCCCCC)OC(=O)CCC[N+](C)(C)C. The minimum atomic E-state index is 0.0337. The first kappa shape index (κ1) is 35.5. The number of nitrogens with zero attached hydrogens (tertiary/aromatic N) is 1. The zero-order valence-corrected chi connectivity index (χ0v) is 26.9. The maximum atomic E-state index is 12.5. The summed E-state index contributed by atoms with van der Waals surface area (Å²) < 4.78 is 6.92. The maximum absolute atomic E-state index is 12.5. The highest BCUT2D eigenvalue weighted by Gasteiger charge is 2.35. The minimum absolute atomic E-state index is 0.0337. The molecular weight excluding hydrogens is 466 g/mol. The van der Waals surface area contributed by atoms with E-state index < -0.39 is 0 Å². The molecule has 3 atom stereocenters. The van der Waals surface area contributed by atoms with Gasteiger partial charge in [0, 0.05) is 6.42 Å². The van der Waals surface area contributed by atoms with E-state index in [0.29, 0.717) is 6.42 Å².